The van der Waals surface area contributed by atoms with Crippen molar-refractivity contribution < 1.29 is 4.42 Å². The molecule has 0 spiro atoms. The van der Waals surface area contributed by atoms with Gasteiger partial charge in [0.05, 0.1) is 21.8 Å². The number of aromatic nitrogens is 2. The van der Waals surface area contributed by atoms with Crippen molar-refractivity contribution in [3.63, 3.8) is 0 Å². The van der Waals surface area contributed by atoms with Crippen molar-refractivity contribution in [1.29, 1.82) is 0 Å². The monoisotopic (exact) mass is 525 g/mol. The standard InChI is InChI=1S/C23H17Br2N3O2/c24-17-8-18-21(29)16(13-30-22(18)19(25)9-17)12-28-7-6-20-15(11-28)10-26-23(27-20)14-4-2-1-3-5-14/h1-5,8-10,13H,6-7,11-12H2. The van der Waals surface area contributed by atoms with E-state index in [1.54, 1.807) is 12.3 Å². The molecule has 5 rings (SSSR count). The first kappa shape index (κ1) is 19.6. The molecule has 3 heterocycles. The van der Waals surface area contributed by atoms with Gasteiger partial charge >= 0.3 is 0 Å². The zero-order chi connectivity index (χ0) is 20.7. The summed E-state index contributed by atoms with van der Waals surface area (Å²) in [7, 11) is 0. The van der Waals surface area contributed by atoms with E-state index in [0.717, 1.165) is 44.6 Å². The number of nitrogens with zero attached hydrogens (tertiary/aromatic N) is 3. The van der Waals surface area contributed by atoms with E-state index in [-0.39, 0.29) is 5.43 Å². The highest BCUT2D eigenvalue weighted by atomic mass is 79.9. The van der Waals surface area contributed by atoms with Crippen LogP contribution < -0.4 is 5.43 Å². The number of hydrogen-bond donors (Lipinski definition) is 0. The van der Waals surface area contributed by atoms with Gasteiger partial charge in [0, 0.05) is 53.4 Å². The molecule has 0 fully saturated rings. The maximum atomic E-state index is 13.0. The fourth-order valence-corrected chi connectivity index (χ4v) is 5.11. The molecule has 1 aliphatic rings. The van der Waals surface area contributed by atoms with E-state index >= 15 is 0 Å². The fourth-order valence-electron chi connectivity index (χ4n) is 3.79. The van der Waals surface area contributed by atoms with Crippen LogP contribution in [0, 0.1) is 0 Å². The van der Waals surface area contributed by atoms with Crippen molar-refractivity contribution >= 4 is 42.8 Å². The molecule has 0 saturated carbocycles. The Morgan fingerprint density at radius 1 is 1.13 bits per heavy atom. The highest BCUT2D eigenvalue weighted by Gasteiger charge is 2.21. The Kier molecular flexibility index (Phi) is 5.26. The molecule has 5 nitrogen and oxygen atoms in total. The smallest absolute Gasteiger partial charge is 0.197 e. The maximum absolute atomic E-state index is 13.0. The van der Waals surface area contributed by atoms with E-state index in [4.69, 9.17) is 9.40 Å². The fraction of sp³-hybridized carbons (Fsp3) is 0.174. The van der Waals surface area contributed by atoms with Crippen molar-refractivity contribution in [1.82, 2.24) is 14.9 Å². The van der Waals surface area contributed by atoms with Crippen LogP contribution in [0.15, 0.2) is 73.1 Å². The lowest BCUT2D eigenvalue weighted by molar-refractivity contribution is 0.240. The Morgan fingerprint density at radius 3 is 2.80 bits per heavy atom. The predicted molar refractivity (Wildman–Crippen MR) is 123 cm³/mol. The first-order chi connectivity index (χ1) is 14.6. The van der Waals surface area contributed by atoms with Gasteiger partial charge < -0.3 is 4.42 Å². The summed E-state index contributed by atoms with van der Waals surface area (Å²) in [6.07, 6.45) is 4.31. The summed E-state index contributed by atoms with van der Waals surface area (Å²) >= 11 is 6.90. The van der Waals surface area contributed by atoms with Gasteiger partial charge in [0.2, 0.25) is 0 Å². The van der Waals surface area contributed by atoms with Crippen molar-refractivity contribution in [3.05, 3.63) is 90.9 Å². The molecule has 0 saturated heterocycles. The molecule has 0 N–H and O–H groups in total. The minimum absolute atomic E-state index is 0.000257. The van der Waals surface area contributed by atoms with E-state index in [1.165, 1.54) is 0 Å². The molecule has 0 aliphatic carbocycles. The van der Waals surface area contributed by atoms with Crippen LogP contribution in [0.25, 0.3) is 22.4 Å². The van der Waals surface area contributed by atoms with Crippen LogP contribution in [-0.2, 0) is 19.5 Å². The summed E-state index contributed by atoms with van der Waals surface area (Å²) in [6, 6.07) is 13.7. The zero-order valence-corrected chi connectivity index (χ0v) is 19.1. The Labute approximate surface area is 190 Å². The van der Waals surface area contributed by atoms with Gasteiger partial charge in [-0.15, -0.1) is 0 Å². The van der Waals surface area contributed by atoms with Crippen LogP contribution >= 0.6 is 31.9 Å². The Hall–Kier alpha value is -2.35. The number of hydrogen-bond acceptors (Lipinski definition) is 5. The van der Waals surface area contributed by atoms with Gasteiger partial charge in [0.1, 0.15) is 0 Å². The average molecular weight is 527 g/mol. The summed E-state index contributed by atoms with van der Waals surface area (Å²) < 4.78 is 7.36. The summed E-state index contributed by atoms with van der Waals surface area (Å²) in [5.41, 5.74) is 4.43. The van der Waals surface area contributed by atoms with E-state index in [9.17, 15) is 4.79 Å². The number of rotatable bonds is 3. The second-order valence-corrected chi connectivity index (χ2v) is 9.12. The van der Waals surface area contributed by atoms with Crippen LogP contribution in [0.1, 0.15) is 16.8 Å². The van der Waals surface area contributed by atoms with Gasteiger partial charge in [-0.25, -0.2) is 9.97 Å². The Bertz CT molecular complexity index is 1310. The first-order valence-corrected chi connectivity index (χ1v) is 11.2. The highest BCUT2D eigenvalue weighted by Crippen LogP contribution is 2.28. The minimum atomic E-state index is -0.000257. The molecule has 150 valence electrons. The molecule has 0 bridgehead atoms. The molecule has 0 unspecified atom stereocenters. The molecule has 0 radical (unpaired) electrons. The molecule has 0 atom stereocenters. The van der Waals surface area contributed by atoms with Crippen LogP contribution in [0.2, 0.25) is 0 Å². The Morgan fingerprint density at radius 2 is 1.97 bits per heavy atom. The lowest BCUT2D eigenvalue weighted by atomic mass is 10.1. The van der Waals surface area contributed by atoms with E-state index in [2.05, 4.69) is 41.7 Å². The van der Waals surface area contributed by atoms with Crippen LogP contribution in [0.5, 0.6) is 0 Å². The number of fused-ring (bicyclic) bond motifs is 2. The topological polar surface area (TPSA) is 59.2 Å². The Balaban J connectivity index is 1.39. The summed E-state index contributed by atoms with van der Waals surface area (Å²) in [5, 5.41) is 0.571. The molecule has 4 aromatic rings. The van der Waals surface area contributed by atoms with Crippen LogP contribution in [0.4, 0.5) is 0 Å². The van der Waals surface area contributed by atoms with Crippen LogP contribution in [-0.4, -0.2) is 21.4 Å². The van der Waals surface area contributed by atoms with E-state index in [0.29, 0.717) is 29.6 Å². The van der Waals surface area contributed by atoms with Crippen molar-refractivity contribution in [2.24, 2.45) is 0 Å². The second kappa shape index (κ2) is 8.06. The molecular formula is C23H17Br2N3O2. The normalized spacial score (nSPS) is 14.1. The molecule has 2 aromatic heterocycles. The third-order valence-electron chi connectivity index (χ3n) is 5.30. The zero-order valence-electron chi connectivity index (χ0n) is 15.9. The molecular weight excluding hydrogens is 510 g/mol. The molecule has 1 aliphatic heterocycles. The number of benzene rings is 2. The lowest BCUT2D eigenvalue weighted by Gasteiger charge is -2.27. The van der Waals surface area contributed by atoms with Crippen molar-refractivity contribution in [3.8, 4) is 11.4 Å². The quantitative estimate of drug-likeness (QED) is 0.361. The molecule has 7 heteroatoms. The van der Waals surface area contributed by atoms with Crippen molar-refractivity contribution in [2.75, 3.05) is 6.54 Å². The summed E-state index contributed by atoms with van der Waals surface area (Å²) in [4.78, 5) is 24.6. The largest absolute Gasteiger partial charge is 0.463 e. The predicted octanol–water partition coefficient (Wildman–Crippen LogP) is 5.33. The average Bonchev–Trinajstić information content (AvgIpc) is 2.76. The third-order valence-corrected chi connectivity index (χ3v) is 6.35. The van der Waals surface area contributed by atoms with E-state index < -0.39 is 0 Å². The summed E-state index contributed by atoms with van der Waals surface area (Å²) in [6.45, 7) is 2.07. The lowest BCUT2D eigenvalue weighted by Crippen LogP contribution is -2.32. The first-order valence-electron chi connectivity index (χ1n) is 9.60. The van der Waals surface area contributed by atoms with E-state index in [1.807, 2.05) is 42.6 Å². The van der Waals surface area contributed by atoms with Crippen LogP contribution in [0.3, 0.4) is 0 Å². The SMILES string of the molecule is O=c1c(CN2CCc3nc(-c4ccccc4)ncc3C2)coc2c(Br)cc(Br)cc12. The highest BCUT2D eigenvalue weighted by molar-refractivity contribution is 9.11. The number of halogens is 2. The summed E-state index contributed by atoms with van der Waals surface area (Å²) in [5.74, 6) is 0.758. The van der Waals surface area contributed by atoms with Gasteiger partial charge in [-0.05, 0) is 28.1 Å². The molecule has 30 heavy (non-hydrogen) atoms. The van der Waals surface area contributed by atoms with Gasteiger partial charge in [-0.1, -0.05) is 46.3 Å². The molecule has 2 aromatic carbocycles. The van der Waals surface area contributed by atoms with Gasteiger partial charge in [0.15, 0.2) is 16.8 Å². The van der Waals surface area contributed by atoms with Gasteiger partial charge in [-0.3, -0.25) is 9.69 Å². The van der Waals surface area contributed by atoms with Gasteiger partial charge in [0.25, 0.3) is 0 Å². The minimum Gasteiger partial charge on any atom is -0.463 e. The molecule has 0 amide bonds. The third kappa shape index (κ3) is 3.73. The maximum Gasteiger partial charge on any atom is 0.197 e. The van der Waals surface area contributed by atoms with Gasteiger partial charge in [-0.2, -0.15) is 0 Å². The second-order valence-electron chi connectivity index (χ2n) is 7.35. The van der Waals surface area contributed by atoms with Crippen molar-refractivity contribution in [2.45, 2.75) is 19.5 Å².